The van der Waals surface area contributed by atoms with Crippen molar-refractivity contribution in [2.24, 2.45) is 0 Å². The number of benzene rings is 1. The maximum atomic E-state index is 12.5. The molecule has 1 aromatic carbocycles. The average molecular weight is 388 g/mol. The Balaban J connectivity index is 1.43. The molecule has 3 rings (SSSR count). The molecular weight excluding hydrogens is 356 g/mol. The highest BCUT2D eigenvalue weighted by Gasteiger charge is 2.32. The van der Waals surface area contributed by atoms with Gasteiger partial charge in [-0.05, 0) is 31.9 Å². The quantitative estimate of drug-likeness (QED) is 0.707. The van der Waals surface area contributed by atoms with E-state index in [1.54, 1.807) is 0 Å². The van der Waals surface area contributed by atoms with Gasteiger partial charge in [-0.3, -0.25) is 14.9 Å². The van der Waals surface area contributed by atoms with Crippen LogP contribution in [0.4, 0.5) is 4.79 Å². The molecule has 152 valence electrons. The molecule has 1 aliphatic heterocycles. The number of hydrogen-bond acceptors (Lipinski definition) is 3. The van der Waals surface area contributed by atoms with Crippen LogP contribution in [0.25, 0.3) is 0 Å². The second-order valence-electron chi connectivity index (χ2n) is 7.84. The summed E-state index contributed by atoms with van der Waals surface area (Å²) in [5.41, 5.74) is 0.691. The van der Waals surface area contributed by atoms with Crippen LogP contribution in [0.3, 0.4) is 0 Å². The molecule has 0 aromatic heterocycles. The molecule has 1 heterocycles. The number of quaternary nitrogens is 1. The second-order valence-corrected chi connectivity index (χ2v) is 7.84. The van der Waals surface area contributed by atoms with Crippen molar-refractivity contribution in [2.75, 3.05) is 26.2 Å². The highest BCUT2D eigenvalue weighted by molar-refractivity contribution is 5.96. The van der Waals surface area contributed by atoms with E-state index in [4.69, 9.17) is 0 Å². The van der Waals surface area contributed by atoms with E-state index in [9.17, 15) is 14.4 Å². The SMILES string of the molecule is C[C@H](C(=O)NC(=O)NC1CCCCC1)[NH+]1CCN(C(=O)c2ccccc2)CC1. The van der Waals surface area contributed by atoms with Crippen LogP contribution in [0.1, 0.15) is 49.4 Å². The fourth-order valence-electron chi connectivity index (χ4n) is 4.07. The zero-order valence-corrected chi connectivity index (χ0v) is 16.6. The topological polar surface area (TPSA) is 82.9 Å². The van der Waals surface area contributed by atoms with Crippen LogP contribution in [0.5, 0.6) is 0 Å². The molecule has 7 nitrogen and oxygen atoms in total. The van der Waals surface area contributed by atoms with Gasteiger partial charge in [0.15, 0.2) is 6.04 Å². The Morgan fingerprint density at radius 2 is 1.68 bits per heavy atom. The normalized spacial score (nSPS) is 19.7. The van der Waals surface area contributed by atoms with Gasteiger partial charge >= 0.3 is 6.03 Å². The number of piperazine rings is 1. The summed E-state index contributed by atoms with van der Waals surface area (Å²) in [6.45, 7) is 4.44. The molecule has 1 aromatic rings. The third kappa shape index (κ3) is 5.32. The van der Waals surface area contributed by atoms with Crippen LogP contribution >= 0.6 is 0 Å². The van der Waals surface area contributed by atoms with Crippen LogP contribution in [0.2, 0.25) is 0 Å². The Morgan fingerprint density at radius 1 is 1.04 bits per heavy atom. The Labute approximate surface area is 166 Å². The van der Waals surface area contributed by atoms with Crippen molar-refractivity contribution >= 4 is 17.8 Å². The summed E-state index contributed by atoms with van der Waals surface area (Å²) in [5.74, 6) is -0.227. The summed E-state index contributed by atoms with van der Waals surface area (Å²) >= 11 is 0. The average Bonchev–Trinajstić information content (AvgIpc) is 2.74. The first-order valence-corrected chi connectivity index (χ1v) is 10.3. The van der Waals surface area contributed by atoms with Gasteiger partial charge in [0.25, 0.3) is 11.8 Å². The van der Waals surface area contributed by atoms with Crippen LogP contribution in [-0.2, 0) is 4.79 Å². The van der Waals surface area contributed by atoms with E-state index in [1.807, 2.05) is 42.2 Å². The molecule has 1 atom stereocenters. The van der Waals surface area contributed by atoms with Crippen molar-refractivity contribution in [3.63, 3.8) is 0 Å². The van der Waals surface area contributed by atoms with Crippen molar-refractivity contribution < 1.29 is 19.3 Å². The number of imide groups is 1. The molecule has 1 saturated heterocycles. The van der Waals surface area contributed by atoms with E-state index in [0.717, 1.165) is 30.6 Å². The molecule has 1 saturated carbocycles. The monoisotopic (exact) mass is 387 g/mol. The number of hydrogen-bond donors (Lipinski definition) is 3. The Morgan fingerprint density at radius 3 is 2.32 bits per heavy atom. The highest BCUT2D eigenvalue weighted by Crippen LogP contribution is 2.17. The van der Waals surface area contributed by atoms with Gasteiger partial charge in [-0.15, -0.1) is 0 Å². The van der Waals surface area contributed by atoms with Crippen molar-refractivity contribution in [1.29, 1.82) is 0 Å². The molecule has 1 aliphatic carbocycles. The first-order chi connectivity index (χ1) is 13.5. The van der Waals surface area contributed by atoms with Gasteiger partial charge in [0, 0.05) is 11.6 Å². The summed E-state index contributed by atoms with van der Waals surface area (Å²) in [7, 11) is 0. The van der Waals surface area contributed by atoms with E-state index >= 15 is 0 Å². The summed E-state index contributed by atoms with van der Waals surface area (Å²) in [6.07, 6.45) is 5.45. The summed E-state index contributed by atoms with van der Waals surface area (Å²) in [4.78, 5) is 40.0. The first kappa shape index (κ1) is 20.3. The van der Waals surface area contributed by atoms with Crippen molar-refractivity contribution in [2.45, 2.75) is 51.1 Å². The molecule has 28 heavy (non-hydrogen) atoms. The molecule has 2 fully saturated rings. The van der Waals surface area contributed by atoms with Crippen molar-refractivity contribution in [3.8, 4) is 0 Å². The molecule has 2 aliphatic rings. The number of amides is 4. The molecule has 0 bridgehead atoms. The number of carbonyl (C=O) groups excluding carboxylic acids is 3. The largest absolute Gasteiger partial charge is 0.335 e. The number of urea groups is 1. The minimum atomic E-state index is -0.388. The van der Waals surface area contributed by atoms with Gasteiger partial charge in [0.05, 0.1) is 26.2 Å². The maximum absolute atomic E-state index is 12.5. The van der Waals surface area contributed by atoms with E-state index in [2.05, 4.69) is 10.6 Å². The standard InChI is InChI=1S/C21H30N4O3/c1-16(19(26)23-21(28)22-18-10-6-3-7-11-18)24-12-14-25(15-13-24)20(27)17-8-4-2-5-9-17/h2,4-5,8-9,16,18H,3,6-7,10-15H2,1H3,(H2,22,23,26,28)/p+1/t16-/m1/s1. The lowest BCUT2D eigenvalue weighted by molar-refractivity contribution is -0.917. The molecular formula is C21H31N4O3+. The summed E-state index contributed by atoms with van der Waals surface area (Å²) in [6, 6.07) is 8.72. The zero-order chi connectivity index (χ0) is 19.9. The molecule has 3 N–H and O–H groups in total. The Bertz CT molecular complexity index is 680. The highest BCUT2D eigenvalue weighted by atomic mass is 16.2. The summed E-state index contributed by atoms with van der Waals surface area (Å²) in [5, 5.41) is 5.41. The van der Waals surface area contributed by atoms with Gasteiger partial charge in [0.2, 0.25) is 0 Å². The van der Waals surface area contributed by atoms with Crippen LogP contribution in [-0.4, -0.2) is 61.0 Å². The molecule has 0 radical (unpaired) electrons. The lowest BCUT2D eigenvalue weighted by Gasteiger charge is -2.34. The predicted octanol–water partition coefficient (Wildman–Crippen LogP) is 0.574. The van der Waals surface area contributed by atoms with Gasteiger partial charge in [0.1, 0.15) is 0 Å². The van der Waals surface area contributed by atoms with Gasteiger partial charge in [-0.2, -0.15) is 0 Å². The maximum Gasteiger partial charge on any atom is 0.321 e. The van der Waals surface area contributed by atoms with E-state index in [1.165, 1.54) is 6.42 Å². The lowest BCUT2D eigenvalue weighted by atomic mass is 9.96. The smallest absolute Gasteiger partial charge is 0.321 e. The molecule has 0 unspecified atom stereocenters. The zero-order valence-electron chi connectivity index (χ0n) is 16.6. The third-order valence-corrected chi connectivity index (χ3v) is 5.90. The summed E-state index contributed by atoms with van der Waals surface area (Å²) < 4.78 is 0. The van der Waals surface area contributed by atoms with Crippen molar-refractivity contribution in [3.05, 3.63) is 35.9 Å². The fraction of sp³-hybridized carbons (Fsp3) is 0.571. The number of carbonyl (C=O) groups is 3. The van der Waals surface area contributed by atoms with Gasteiger partial charge in [-0.25, -0.2) is 4.79 Å². The fourth-order valence-corrected chi connectivity index (χ4v) is 4.07. The van der Waals surface area contributed by atoms with E-state index < -0.39 is 0 Å². The van der Waals surface area contributed by atoms with E-state index in [-0.39, 0.29) is 29.9 Å². The number of rotatable bonds is 4. The van der Waals surface area contributed by atoms with Crippen LogP contribution in [0, 0.1) is 0 Å². The first-order valence-electron chi connectivity index (χ1n) is 10.3. The van der Waals surface area contributed by atoms with Crippen molar-refractivity contribution in [1.82, 2.24) is 15.5 Å². The predicted molar refractivity (Wildman–Crippen MR) is 106 cm³/mol. The number of nitrogens with one attached hydrogen (secondary N) is 3. The van der Waals surface area contributed by atoms with Crippen LogP contribution < -0.4 is 15.5 Å². The van der Waals surface area contributed by atoms with E-state index in [0.29, 0.717) is 31.7 Å². The number of nitrogens with zero attached hydrogens (tertiary/aromatic N) is 1. The van der Waals surface area contributed by atoms with Gasteiger partial charge in [-0.1, -0.05) is 37.5 Å². The molecule has 4 amide bonds. The lowest BCUT2D eigenvalue weighted by Crippen LogP contribution is -3.19. The van der Waals surface area contributed by atoms with Gasteiger partial charge < -0.3 is 15.1 Å². The third-order valence-electron chi connectivity index (χ3n) is 5.90. The minimum Gasteiger partial charge on any atom is -0.335 e. The van der Waals surface area contributed by atoms with Crippen LogP contribution in [0.15, 0.2) is 30.3 Å². The Hall–Kier alpha value is -2.41. The molecule has 7 heteroatoms. The molecule has 0 spiro atoms. The Kier molecular flexibility index (Phi) is 7.03. The second kappa shape index (κ2) is 9.68. The minimum absolute atomic E-state index is 0.0311.